The average Bonchev–Trinajstić information content (AvgIpc) is 3.38. The van der Waals surface area contributed by atoms with E-state index in [0.29, 0.717) is 6.42 Å². The fraction of sp³-hybridized carbons (Fsp3) is 0.132. The first kappa shape index (κ1) is 26.0. The number of carbonyl (C=O) groups is 1. The zero-order chi connectivity index (χ0) is 29.0. The highest BCUT2D eigenvalue weighted by Gasteiger charge is 2.52. The summed E-state index contributed by atoms with van der Waals surface area (Å²) in [6.45, 7) is 2.00. The summed E-state index contributed by atoms with van der Waals surface area (Å²) in [4.78, 5) is 14.3. The Bertz CT molecular complexity index is 1800. The van der Waals surface area contributed by atoms with Gasteiger partial charge in [0.05, 0.1) is 11.9 Å². The molecule has 0 N–H and O–H groups in total. The Balaban J connectivity index is 1.25. The summed E-state index contributed by atoms with van der Waals surface area (Å²) in [6.07, 6.45) is -1.04. The number of hydrogen-bond donors (Lipinski definition) is 0. The fourth-order valence-electron chi connectivity index (χ4n) is 7.05. The van der Waals surface area contributed by atoms with E-state index in [1.54, 1.807) is 0 Å². The maximum atomic E-state index is 14.3. The van der Waals surface area contributed by atoms with E-state index < -0.39 is 26.5 Å². The van der Waals surface area contributed by atoms with Gasteiger partial charge in [-0.1, -0.05) is 133 Å². The van der Waals surface area contributed by atoms with Crippen LogP contribution >= 0.6 is 0 Å². The lowest BCUT2D eigenvalue weighted by molar-refractivity contribution is -0.160. The van der Waals surface area contributed by atoms with E-state index in [-0.39, 0.29) is 6.10 Å². The molecule has 2 aliphatic heterocycles. The van der Waals surface area contributed by atoms with Gasteiger partial charge in [0.2, 0.25) is 0 Å². The second kappa shape index (κ2) is 10.2. The average molecular weight is 579 g/mol. The SMILES string of the molecule is C[C@H]1CC2=C(c3ccccc3[Si](c3ccccc3)(c3ccccc3)O2)[C@@H](C(=O)OC2c3ccccc3-c3ccccc32)O1. The fourth-order valence-corrected chi connectivity index (χ4v) is 11.2. The predicted molar refractivity (Wildman–Crippen MR) is 171 cm³/mol. The molecule has 0 unspecified atom stereocenters. The Kier molecular flexibility index (Phi) is 6.17. The van der Waals surface area contributed by atoms with Crippen molar-refractivity contribution in [3.63, 3.8) is 0 Å². The summed E-state index contributed by atoms with van der Waals surface area (Å²) in [6, 6.07) is 45.7. The van der Waals surface area contributed by atoms with Crippen LogP contribution in [0.4, 0.5) is 0 Å². The second-order valence-corrected chi connectivity index (χ2v) is 14.7. The van der Waals surface area contributed by atoms with Crippen LogP contribution in [0.3, 0.4) is 0 Å². The number of ether oxygens (including phenoxy) is 2. The zero-order valence-electron chi connectivity index (χ0n) is 23.8. The van der Waals surface area contributed by atoms with Gasteiger partial charge in [0.1, 0.15) is 0 Å². The quantitative estimate of drug-likeness (QED) is 0.197. The first-order valence-corrected chi connectivity index (χ1v) is 16.7. The third-order valence-electron chi connectivity index (χ3n) is 8.86. The molecule has 0 saturated heterocycles. The van der Waals surface area contributed by atoms with Gasteiger partial charge < -0.3 is 13.9 Å². The minimum atomic E-state index is -2.95. The smallest absolute Gasteiger partial charge is 0.347 e. The van der Waals surface area contributed by atoms with Gasteiger partial charge in [-0.05, 0) is 39.2 Å². The van der Waals surface area contributed by atoms with E-state index in [0.717, 1.165) is 54.7 Å². The van der Waals surface area contributed by atoms with E-state index >= 15 is 0 Å². The van der Waals surface area contributed by atoms with Gasteiger partial charge in [-0.15, -0.1) is 0 Å². The molecule has 0 radical (unpaired) electrons. The number of rotatable bonds is 4. The normalized spacial score (nSPS) is 19.8. The summed E-state index contributed by atoms with van der Waals surface area (Å²) >= 11 is 0. The van der Waals surface area contributed by atoms with Gasteiger partial charge >= 0.3 is 14.3 Å². The van der Waals surface area contributed by atoms with Crippen LogP contribution in [-0.4, -0.2) is 26.5 Å². The van der Waals surface area contributed by atoms with Gasteiger partial charge in [-0.2, -0.15) is 0 Å². The summed E-state index contributed by atoms with van der Waals surface area (Å²) in [7, 11) is -2.95. The summed E-state index contributed by atoms with van der Waals surface area (Å²) in [5.74, 6) is 0.425. The Morgan fingerprint density at radius 3 is 1.79 bits per heavy atom. The molecule has 5 heteroatoms. The van der Waals surface area contributed by atoms with Crippen LogP contribution in [0.5, 0.6) is 0 Å². The molecule has 0 spiro atoms. The minimum Gasteiger partial charge on any atom is -0.533 e. The van der Waals surface area contributed by atoms with Crippen molar-refractivity contribution in [1.29, 1.82) is 0 Å². The summed E-state index contributed by atoms with van der Waals surface area (Å²) in [5, 5.41) is 3.44. The second-order valence-electron chi connectivity index (χ2n) is 11.4. The molecule has 2 heterocycles. The highest BCUT2D eigenvalue weighted by atomic mass is 28.4. The van der Waals surface area contributed by atoms with Crippen LogP contribution in [-0.2, 0) is 18.7 Å². The predicted octanol–water partition coefficient (Wildman–Crippen LogP) is 5.89. The van der Waals surface area contributed by atoms with E-state index in [9.17, 15) is 4.79 Å². The highest BCUT2D eigenvalue weighted by molar-refractivity contribution is 7.07. The minimum absolute atomic E-state index is 0.219. The van der Waals surface area contributed by atoms with Crippen LogP contribution < -0.4 is 15.6 Å². The maximum Gasteiger partial charge on any atom is 0.347 e. The van der Waals surface area contributed by atoms with Gasteiger partial charge in [0.15, 0.2) is 12.2 Å². The molecule has 2 atom stereocenters. The lowest BCUT2D eigenvalue weighted by Gasteiger charge is -2.44. The lowest BCUT2D eigenvalue weighted by Crippen LogP contribution is -2.71. The Morgan fingerprint density at radius 1 is 0.674 bits per heavy atom. The van der Waals surface area contributed by atoms with Gasteiger partial charge in [-0.3, -0.25) is 0 Å². The summed E-state index contributed by atoms with van der Waals surface area (Å²) in [5.41, 5.74) is 5.98. The van der Waals surface area contributed by atoms with E-state index in [1.807, 2.05) is 61.5 Å². The molecule has 0 amide bonds. The first-order chi connectivity index (χ1) is 21.1. The van der Waals surface area contributed by atoms with Crippen LogP contribution in [0.1, 0.15) is 36.1 Å². The molecule has 0 bridgehead atoms. The number of benzene rings is 5. The van der Waals surface area contributed by atoms with Crippen LogP contribution in [0.2, 0.25) is 0 Å². The van der Waals surface area contributed by atoms with Crippen molar-refractivity contribution in [2.45, 2.75) is 31.7 Å². The topological polar surface area (TPSA) is 44.8 Å². The largest absolute Gasteiger partial charge is 0.533 e. The van der Waals surface area contributed by atoms with E-state index in [4.69, 9.17) is 13.9 Å². The van der Waals surface area contributed by atoms with Crippen molar-refractivity contribution < 1.29 is 18.7 Å². The molecule has 1 aliphatic carbocycles. The van der Waals surface area contributed by atoms with Crippen molar-refractivity contribution in [2.24, 2.45) is 0 Å². The first-order valence-electron chi connectivity index (χ1n) is 14.8. The monoisotopic (exact) mass is 578 g/mol. The van der Waals surface area contributed by atoms with E-state index in [2.05, 4.69) is 78.9 Å². The molecule has 5 aromatic carbocycles. The zero-order valence-corrected chi connectivity index (χ0v) is 24.8. The molecule has 43 heavy (non-hydrogen) atoms. The standard InChI is InChI=1S/C38H30O4Si/c1-25-24-33-35(37(40-25)38(39)41-36-30-20-10-8-18-28(30)29-19-9-11-21-31(29)36)32-22-12-13-23-34(32)43(42-33,26-14-4-2-5-15-26)27-16-6-3-7-17-27/h2-23,25,36-37H,24H2,1H3/t25-,37-/m0/s1. The number of hydrogen-bond acceptors (Lipinski definition) is 4. The van der Waals surface area contributed by atoms with Crippen LogP contribution in [0, 0.1) is 0 Å². The molecule has 0 aromatic heterocycles. The highest BCUT2D eigenvalue weighted by Crippen LogP contribution is 2.46. The molecule has 0 saturated carbocycles. The Hall–Kier alpha value is -4.71. The van der Waals surface area contributed by atoms with Crippen LogP contribution in [0.25, 0.3) is 16.7 Å². The van der Waals surface area contributed by atoms with Crippen molar-refractivity contribution in [2.75, 3.05) is 0 Å². The third-order valence-corrected chi connectivity index (χ3v) is 12.9. The van der Waals surface area contributed by atoms with Gasteiger partial charge in [0, 0.05) is 23.1 Å². The molecule has 5 aromatic rings. The Morgan fingerprint density at radius 2 is 1.19 bits per heavy atom. The molecule has 3 aliphatic rings. The molecule has 0 fully saturated rings. The van der Waals surface area contributed by atoms with Crippen molar-refractivity contribution in [1.82, 2.24) is 0 Å². The Labute approximate surface area is 252 Å². The maximum absolute atomic E-state index is 14.3. The van der Waals surface area contributed by atoms with Crippen LogP contribution in [0.15, 0.2) is 139 Å². The molecule has 8 rings (SSSR count). The number of esters is 1. The number of carbonyl (C=O) groups excluding carboxylic acids is 1. The molecule has 4 nitrogen and oxygen atoms in total. The molecule has 210 valence electrons. The molecular weight excluding hydrogens is 549 g/mol. The third kappa shape index (κ3) is 4.03. The lowest BCUT2D eigenvalue weighted by atomic mass is 9.94. The van der Waals surface area contributed by atoms with E-state index in [1.165, 1.54) is 0 Å². The van der Waals surface area contributed by atoms with Gasteiger partial charge in [0.25, 0.3) is 0 Å². The van der Waals surface area contributed by atoms with Crippen molar-refractivity contribution >= 4 is 35.4 Å². The molecular formula is C38H30O4Si. The van der Waals surface area contributed by atoms with Gasteiger partial charge in [-0.25, -0.2) is 4.79 Å². The number of fused-ring (bicyclic) bond motifs is 5. The van der Waals surface area contributed by atoms with Crippen molar-refractivity contribution in [3.05, 3.63) is 156 Å². The van der Waals surface area contributed by atoms with Crippen molar-refractivity contribution in [3.8, 4) is 11.1 Å². The summed E-state index contributed by atoms with van der Waals surface area (Å²) < 4.78 is 20.2.